The SMILES string of the molecule is CC(=O)OC(C=O)[C@@]1(O)CC[C@H]2[C@@H]3CCC4=CC(=O)CC[C@]4(C)[C@H]3CC[C@@]21C. The molecule has 0 spiro atoms. The third-order valence-electron chi connectivity index (χ3n) is 9.06. The number of hydrogen-bond acceptors (Lipinski definition) is 5. The van der Waals surface area contributed by atoms with Crippen LogP contribution in [0, 0.1) is 28.6 Å². The first-order chi connectivity index (χ1) is 13.2. The second-order valence-electron chi connectivity index (χ2n) is 10.1. The van der Waals surface area contributed by atoms with Gasteiger partial charge in [0.2, 0.25) is 0 Å². The van der Waals surface area contributed by atoms with E-state index in [1.54, 1.807) is 0 Å². The summed E-state index contributed by atoms with van der Waals surface area (Å²) < 4.78 is 5.25. The Hall–Kier alpha value is -1.49. The number of esters is 1. The molecule has 0 radical (unpaired) electrons. The van der Waals surface area contributed by atoms with E-state index in [2.05, 4.69) is 13.8 Å². The summed E-state index contributed by atoms with van der Waals surface area (Å²) in [6.07, 6.45) is 8.11. The van der Waals surface area contributed by atoms with Gasteiger partial charge in [-0.25, -0.2) is 0 Å². The zero-order chi connectivity index (χ0) is 20.3. The Balaban J connectivity index is 1.65. The summed E-state index contributed by atoms with van der Waals surface area (Å²) in [6.45, 7) is 5.71. The Morgan fingerprint density at radius 2 is 1.89 bits per heavy atom. The molecule has 5 nitrogen and oxygen atoms in total. The molecule has 0 bridgehead atoms. The zero-order valence-corrected chi connectivity index (χ0v) is 17.2. The number of aliphatic hydroxyl groups is 1. The van der Waals surface area contributed by atoms with E-state index in [0.717, 1.165) is 38.5 Å². The van der Waals surface area contributed by atoms with Gasteiger partial charge in [-0.3, -0.25) is 14.4 Å². The molecular weight excluding hydrogens is 356 g/mol. The Labute approximate surface area is 166 Å². The Bertz CT molecular complexity index is 741. The molecule has 1 unspecified atom stereocenters. The minimum absolute atomic E-state index is 0.0822. The Morgan fingerprint density at radius 3 is 2.57 bits per heavy atom. The molecule has 7 atom stereocenters. The molecule has 0 heterocycles. The third kappa shape index (κ3) is 2.58. The minimum atomic E-state index is -1.30. The number of allylic oxidation sites excluding steroid dienone is 1. The molecule has 0 aromatic rings. The lowest BCUT2D eigenvalue weighted by atomic mass is 9.46. The molecule has 4 aliphatic rings. The maximum Gasteiger partial charge on any atom is 0.303 e. The molecule has 28 heavy (non-hydrogen) atoms. The van der Waals surface area contributed by atoms with Crippen molar-refractivity contribution < 1.29 is 24.2 Å². The first-order valence-corrected chi connectivity index (χ1v) is 10.7. The fraction of sp³-hybridized carbons (Fsp3) is 0.783. The lowest BCUT2D eigenvalue weighted by Crippen LogP contribution is -2.59. The van der Waals surface area contributed by atoms with Crippen molar-refractivity contribution in [2.45, 2.75) is 83.8 Å². The molecule has 0 saturated heterocycles. The molecule has 4 rings (SSSR count). The van der Waals surface area contributed by atoms with Crippen LogP contribution in [0.4, 0.5) is 0 Å². The van der Waals surface area contributed by atoms with E-state index >= 15 is 0 Å². The average molecular weight is 389 g/mol. The maximum absolute atomic E-state index is 12.0. The summed E-state index contributed by atoms with van der Waals surface area (Å²) in [4.78, 5) is 35.2. The molecule has 0 aromatic carbocycles. The molecular formula is C23H32O5. The van der Waals surface area contributed by atoms with Crippen LogP contribution in [-0.2, 0) is 19.1 Å². The average Bonchev–Trinajstić information content (AvgIpc) is 2.92. The Kier molecular flexibility index (Phi) is 4.61. The van der Waals surface area contributed by atoms with E-state index in [-0.39, 0.29) is 11.2 Å². The number of aldehydes is 1. The number of hydrogen-bond donors (Lipinski definition) is 1. The highest BCUT2D eigenvalue weighted by molar-refractivity contribution is 5.91. The molecule has 5 heteroatoms. The van der Waals surface area contributed by atoms with Crippen molar-refractivity contribution in [2.75, 3.05) is 0 Å². The summed E-state index contributed by atoms with van der Waals surface area (Å²) in [5, 5.41) is 11.6. The normalized spacial score (nSPS) is 45.9. The van der Waals surface area contributed by atoms with Crippen molar-refractivity contribution in [1.82, 2.24) is 0 Å². The van der Waals surface area contributed by atoms with Gasteiger partial charge in [0, 0.05) is 18.8 Å². The van der Waals surface area contributed by atoms with E-state index in [4.69, 9.17) is 4.74 Å². The van der Waals surface area contributed by atoms with Crippen molar-refractivity contribution in [3.8, 4) is 0 Å². The van der Waals surface area contributed by atoms with Gasteiger partial charge >= 0.3 is 5.97 Å². The zero-order valence-electron chi connectivity index (χ0n) is 17.2. The van der Waals surface area contributed by atoms with E-state index in [9.17, 15) is 19.5 Å². The van der Waals surface area contributed by atoms with Gasteiger partial charge in [0.1, 0.15) is 5.60 Å². The molecule has 0 aromatic heterocycles. The van der Waals surface area contributed by atoms with Gasteiger partial charge < -0.3 is 9.84 Å². The van der Waals surface area contributed by atoms with Crippen molar-refractivity contribution >= 4 is 18.0 Å². The molecule has 154 valence electrons. The van der Waals surface area contributed by atoms with E-state index in [0.29, 0.717) is 36.9 Å². The van der Waals surface area contributed by atoms with Crippen molar-refractivity contribution in [3.05, 3.63) is 11.6 Å². The monoisotopic (exact) mass is 388 g/mol. The highest BCUT2D eigenvalue weighted by Crippen LogP contribution is 2.68. The van der Waals surface area contributed by atoms with Crippen LogP contribution in [-0.4, -0.2) is 34.9 Å². The topological polar surface area (TPSA) is 80.7 Å². The van der Waals surface area contributed by atoms with Crippen LogP contribution in [0.2, 0.25) is 0 Å². The summed E-state index contributed by atoms with van der Waals surface area (Å²) in [6, 6.07) is 0. The lowest BCUT2D eigenvalue weighted by molar-refractivity contribution is -0.193. The summed E-state index contributed by atoms with van der Waals surface area (Å²) in [7, 11) is 0. The predicted molar refractivity (Wildman–Crippen MR) is 103 cm³/mol. The van der Waals surface area contributed by atoms with E-state index in [1.165, 1.54) is 12.5 Å². The molecule has 3 fully saturated rings. The van der Waals surface area contributed by atoms with Crippen LogP contribution in [0.15, 0.2) is 11.6 Å². The smallest absolute Gasteiger partial charge is 0.303 e. The van der Waals surface area contributed by atoms with Crippen LogP contribution in [0.3, 0.4) is 0 Å². The highest BCUT2D eigenvalue weighted by atomic mass is 16.6. The predicted octanol–water partition coefficient (Wildman–Crippen LogP) is 3.38. The molecule has 0 amide bonds. The fourth-order valence-corrected chi connectivity index (χ4v) is 7.49. The summed E-state index contributed by atoms with van der Waals surface area (Å²) in [5.41, 5.74) is -0.321. The van der Waals surface area contributed by atoms with Gasteiger partial charge in [0.25, 0.3) is 0 Å². The number of carbonyl (C=O) groups is 3. The maximum atomic E-state index is 12.0. The first kappa shape index (κ1) is 19.8. The Morgan fingerprint density at radius 1 is 1.18 bits per heavy atom. The standard InChI is InChI=1S/C23H32O5/c1-14(25)28-20(13-24)23(27)11-8-19-17-5-4-15-12-16(26)6-9-21(15,2)18(17)7-10-22(19,23)3/h12-13,17-20,27H,4-11H2,1-3H3/t17-,18+,19+,20?,21+,22+,23+/m1/s1. The van der Waals surface area contributed by atoms with Crippen molar-refractivity contribution in [2.24, 2.45) is 28.6 Å². The third-order valence-corrected chi connectivity index (χ3v) is 9.06. The lowest BCUT2D eigenvalue weighted by Gasteiger charge is -2.59. The molecule has 4 aliphatic carbocycles. The quantitative estimate of drug-likeness (QED) is 0.592. The highest BCUT2D eigenvalue weighted by Gasteiger charge is 2.66. The van der Waals surface area contributed by atoms with Gasteiger partial charge in [-0.15, -0.1) is 0 Å². The second kappa shape index (κ2) is 6.51. The van der Waals surface area contributed by atoms with Crippen LogP contribution in [0.5, 0.6) is 0 Å². The van der Waals surface area contributed by atoms with Gasteiger partial charge in [0.05, 0.1) is 0 Å². The number of fused-ring (bicyclic) bond motifs is 5. The number of ether oxygens (including phenoxy) is 1. The van der Waals surface area contributed by atoms with Gasteiger partial charge in [0.15, 0.2) is 18.2 Å². The number of rotatable bonds is 3. The summed E-state index contributed by atoms with van der Waals surface area (Å²) >= 11 is 0. The van der Waals surface area contributed by atoms with Crippen LogP contribution in [0.25, 0.3) is 0 Å². The van der Waals surface area contributed by atoms with Crippen LogP contribution < -0.4 is 0 Å². The number of ketones is 1. The van der Waals surface area contributed by atoms with Gasteiger partial charge in [-0.2, -0.15) is 0 Å². The van der Waals surface area contributed by atoms with Gasteiger partial charge in [-0.05, 0) is 74.2 Å². The second-order valence-corrected chi connectivity index (χ2v) is 10.1. The number of carbonyl (C=O) groups excluding carboxylic acids is 3. The van der Waals surface area contributed by atoms with Crippen LogP contribution >= 0.6 is 0 Å². The van der Waals surface area contributed by atoms with Crippen molar-refractivity contribution in [1.29, 1.82) is 0 Å². The molecule has 1 N–H and O–H groups in total. The largest absolute Gasteiger partial charge is 0.452 e. The minimum Gasteiger partial charge on any atom is -0.452 e. The summed E-state index contributed by atoms with van der Waals surface area (Å²) in [5.74, 6) is 1.04. The van der Waals surface area contributed by atoms with Crippen LogP contribution in [0.1, 0.15) is 72.1 Å². The van der Waals surface area contributed by atoms with E-state index < -0.39 is 23.1 Å². The first-order valence-electron chi connectivity index (χ1n) is 10.7. The molecule has 3 saturated carbocycles. The van der Waals surface area contributed by atoms with E-state index in [1.807, 2.05) is 6.08 Å². The molecule has 0 aliphatic heterocycles. The fourth-order valence-electron chi connectivity index (χ4n) is 7.49. The van der Waals surface area contributed by atoms with Crippen molar-refractivity contribution in [3.63, 3.8) is 0 Å². The van der Waals surface area contributed by atoms with Gasteiger partial charge in [-0.1, -0.05) is 19.4 Å².